The minimum atomic E-state index is -0.863. The molecule has 6 nitrogen and oxygen atoms in total. The highest BCUT2D eigenvalue weighted by atomic mass is 35.5. The van der Waals surface area contributed by atoms with Crippen LogP contribution in [0.3, 0.4) is 0 Å². The van der Waals surface area contributed by atoms with Gasteiger partial charge in [0.25, 0.3) is 5.91 Å². The van der Waals surface area contributed by atoms with Gasteiger partial charge < -0.3 is 15.2 Å². The number of carbonyl (C=O) groups is 1. The van der Waals surface area contributed by atoms with E-state index in [1.807, 2.05) is 24.3 Å². The second-order valence-electron chi connectivity index (χ2n) is 7.00. The Kier molecular flexibility index (Phi) is 6.99. The van der Waals surface area contributed by atoms with Crippen molar-refractivity contribution in [3.63, 3.8) is 0 Å². The van der Waals surface area contributed by atoms with Crippen LogP contribution in [0.25, 0.3) is 20.8 Å². The van der Waals surface area contributed by atoms with Gasteiger partial charge in [-0.2, -0.15) is 0 Å². The van der Waals surface area contributed by atoms with E-state index in [0.717, 1.165) is 10.2 Å². The summed E-state index contributed by atoms with van der Waals surface area (Å²) in [6.45, 7) is 1.57. The Morgan fingerprint density at radius 3 is 2.67 bits per heavy atom. The summed E-state index contributed by atoms with van der Waals surface area (Å²) in [6, 6.07) is 17.5. The quantitative estimate of drug-likeness (QED) is 0.271. The highest BCUT2D eigenvalue weighted by Crippen LogP contribution is 2.36. The Labute approximate surface area is 209 Å². The highest BCUT2D eigenvalue weighted by molar-refractivity contribution is 7.80. The fraction of sp³-hybridized carbons (Fsp3) is 0.0870. The molecule has 168 valence electrons. The Hall–Kier alpha value is -2.91. The molecular weight excluding hydrogens is 501 g/mol. The van der Waals surface area contributed by atoms with Crippen molar-refractivity contribution >= 4 is 73.7 Å². The Morgan fingerprint density at radius 1 is 1.15 bits per heavy atom. The number of para-hydroxylation sites is 1. The monoisotopic (exact) mass is 517 g/mol. The van der Waals surface area contributed by atoms with Gasteiger partial charge in [-0.1, -0.05) is 35.3 Å². The number of nitrogens with zero attached hydrogens (tertiary/aromatic N) is 1. The second-order valence-corrected chi connectivity index (χ2v) is 9.28. The number of fused-ring (bicyclic) bond motifs is 1. The third-order valence-corrected chi connectivity index (χ3v) is 6.39. The molecular formula is C23H17Cl2N3O3S2. The molecule has 0 radical (unpaired) electrons. The maximum absolute atomic E-state index is 12.4. The van der Waals surface area contributed by atoms with E-state index in [-0.39, 0.29) is 10.9 Å². The smallest absolute Gasteiger partial charge is 0.266 e. The number of aromatic hydroxyl groups is 1. The van der Waals surface area contributed by atoms with Crippen LogP contribution in [0, 0.1) is 0 Å². The van der Waals surface area contributed by atoms with Gasteiger partial charge in [-0.25, -0.2) is 4.98 Å². The van der Waals surface area contributed by atoms with Gasteiger partial charge in [0, 0.05) is 16.8 Å². The number of aromatic nitrogens is 1. The van der Waals surface area contributed by atoms with Gasteiger partial charge >= 0.3 is 0 Å². The second kappa shape index (κ2) is 9.93. The SMILES string of the molecule is CC(Oc1ccc(Cl)cc1Cl)C(=O)NC(=S)Nc1ccc(-c2nc3ccccc3s2)c(O)c1. The zero-order chi connectivity index (χ0) is 23.5. The average Bonchev–Trinajstić information content (AvgIpc) is 3.19. The van der Waals surface area contributed by atoms with Gasteiger partial charge in [-0.3, -0.25) is 10.1 Å². The lowest BCUT2D eigenvalue weighted by atomic mass is 10.2. The number of benzene rings is 3. The van der Waals surface area contributed by atoms with Gasteiger partial charge in [0.2, 0.25) is 0 Å². The molecule has 1 heterocycles. The van der Waals surface area contributed by atoms with E-state index in [1.54, 1.807) is 31.2 Å². The van der Waals surface area contributed by atoms with Crippen molar-refractivity contribution < 1.29 is 14.6 Å². The number of anilines is 1. The van der Waals surface area contributed by atoms with Gasteiger partial charge in [0.05, 0.1) is 20.8 Å². The van der Waals surface area contributed by atoms with Gasteiger partial charge in [-0.15, -0.1) is 11.3 Å². The molecule has 33 heavy (non-hydrogen) atoms. The van der Waals surface area contributed by atoms with E-state index in [0.29, 0.717) is 32.1 Å². The summed E-state index contributed by atoms with van der Waals surface area (Å²) in [5, 5.41) is 17.5. The predicted octanol–water partition coefficient (Wildman–Crippen LogP) is 6.26. The summed E-state index contributed by atoms with van der Waals surface area (Å²) < 4.78 is 6.62. The molecule has 4 rings (SSSR count). The van der Waals surface area contributed by atoms with Gasteiger partial charge in [0.15, 0.2) is 11.2 Å². The number of rotatable bonds is 5. The molecule has 4 aromatic rings. The van der Waals surface area contributed by atoms with Gasteiger partial charge in [-0.05, 0) is 61.6 Å². The number of hydrogen-bond donors (Lipinski definition) is 3. The minimum Gasteiger partial charge on any atom is -0.507 e. The minimum absolute atomic E-state index is 0.0438. The summed E-state index contributed by atoms with van der Waals surface area (Å²) >= 11 is 18.7. The lowest BCUT2D eigenvalue weighted by molar-refractivity contribution is -0.125. The number of amides is 1. The number of thiazole rings is 1. The molecule has 3 N–H and O–H groups in total. The van der Waals surface area contributed by atoms with Crippen molar-refractivity contribution in [3.05, 3.63) is 70.7 Å². The van der Waals surface area contributed by atoms with E-state index < -0.39 is 12.0 Å². The van der Waals surface area contributed by atoms with Crippen molar-refractivity contribution in [1.82, 2.24) is 10.3 Å². The van der Waals surface area contributed by atoms with E-state index in [4.69, 9.17) is 40.2 Å². The lowest BCUT2D eigenvalue weighted by Gasteiger charge is -2.17. The number of nitrogens with one attached hydrogen (secondary N) is 2. The number of phenols is 1. The summed E-state index contributed by atoms with van der Waals surface area (Å²) in [4.78, 5) is 17.0. The number of ether oxygens (including phenoxy) is 1. The van der Waals surface area contributed by atoms with E-state index in [1.165, 1.54) is 23.5 Å². The van der Waals surface area contributed by atoms with Crippen molar-refractivity contribution in [3.8, 4) is 22.1 Å². The average molecular weight is 518 g/mol. The number of carbonyl (C=O) groups excluding carboxylic acids is 1. The van der Waals surface area contributed by atoms with E-state index in [2.05, 4.69) is 15.6 Å². The molecule has 1 atom stereocenters. The molecule has 1 unspecified atom stereocenters. The van der Waals surface area contributed by atoms with Crippen LogP contribution >= 0.6 is 46.8 Å². The first-order chi connectivity index (χ1) is 15.8. The van der Waals surface area contributed by atoms with E-state index >= 15 is 0 Å². The molecule has 1 aromatic heterocycles. The Morgan fingerprint density at radius 2 is 1.94 bits per heavy atom. The molecule has 1 amide bonds. The van der Waals surface area contributed by atoms with Crippen molar-refractivity contribution in [2.24, 2.45) is 0 Å². The zero-order valence-corrected chi connectivity index (χ0v) is 20.3. The summed E-state index contributed by atoms with van der Waals surface area (Å²) in [6.07, 6.45) is -0.863. The first-order valence-corrected chi connectivity index (χ1v) is 11.7. The maximum Gasteiger partial charge on any atom is 0.266 e. The Balaban J connectivity index is 1.38. The van der Waals surface area contributed by atoms with Crippen LogP contribution in [0.1, 0.15) is 6.92 Å². The van der Waals surface area contributed by atoms with E-state index in [9.17, 15) is 9.90 Å². The van der Waals surface area contributed by atoms with Crippen molar-refractivity contribution in [2.75, 3.05) is 5.32 Å². The summed E-state index contributed by atoms with van der Waals surface area (Å²) in [7, 11) is 0. The fourth-order valence-corrected chi connectivity index (χ4v) is 4.64. The zero-order valence-electron chi connectivity index (χ0n) is 17.1. The van der Waals surface area contributed by atoms with Gasteiger partial charge in [0.1, 0.15) is 16.5 Å². The summed E-state index contributed by atoms with van der Waals surface area (Å²) in [5.41, 5.74) is 2.00. The fourth-order valence-electron chi connectivity index (χ4n) is 2.97. The number of hydrogen-bond acceptors (Lipinski definition) is 6. The first-order valence-electron chi connectivity index (χ1n) is 9.72. The maximum atomic E-state index is 12.4. The molecule has 10 heteroatoms. The number of thiocarbonyl (C=S) groups is 1. The number of halogens is 2. The normalized spacial score (nSPS) is 11.7. The van der Waals surface area contributed by atoms with Crippen molar-refractivity contribution in [1.29, 1.82) is 0 Å². The first kappa shape index (κ1) is 23.3. The molecule has 0 bridgehead atoms. The molecule has 0 spiro atoms. The van der Waals surface area contributed by atoms with Crippen LogP contribution < -0.4 is 15.4 Å². The highest BCUT2D eigenvalue weighted by Gasteiger charge is 2.18. The molecule has 0 aliphatic rings. The molecule has 3 aromatic carbocycles. The topological polar surface area (TPSA) is 83.5 Å². The van der Waals surface area contributed by atoms with Crippen LogP contribution in [0.15, 0.2) is 60.7 Å². The van der Waals surface area contributed by atoms with Crippen LogP contribution in [0.5, 0.6) is 11.5 Å². The lowest BCUT2D eigenvalue weighted by Crippen LogP contribution is -2.42. The van der Waals surface area contributed by atoms with Crippen LogP contribution in [-0.2, 0) is 4.79 Å². The Bertz CT molecular complexity index is 1330. The number of phenolic OH excluding ortho intramolecular Hbond substituents is 1. The predicted molar refractivity (Wildman–Crippen MR) is 138 cm³/mol. The summed E-state index contributed by atoms with van der Waals surface area (Å²) in [5.74, 6) is -0.0888. The molecule has 0 saturated heterocycles. The van der Waals surface area contributed by atoms with Crippen molar-refractivity contribution in [2.45, 2.75) is 13.0 Å². The molecule has 0 fully saturated rings. The third kappa shape index (κ3) is 5.54. The largest absolute Gasteiger partial charge is 0.507 e. The van der Waals surface area contributed by atoms with Crippen LogP contribution in [0.2, 0.25) is 10.0 Å². The molecule has 0 aliphatic carbocycles. The third-order valence-electron chi connectivity index (χ3n) is 4.58. The van der Waals surface area contributed by atoms with Crippen LogP contribution in [-0.4, -0.2) is 27.2 Å². The standard InChI is InChI=1S/C23H17Cl2N3O3S2/c1-12(31-19-9-6-13(24)10-16(19)25)21(30)28-23(32)26-14-7-8-15(18(29)11-14)22-27-17-4-2-3-5-20(17)33-22/h2-12,29H,1H3,(H2,26,28,30,32). The molecule has 0 saturated carbocycles. The van der Waals surface area contributed by atoms with Crippen LogP contribution in [0.4, 0.5) is 5.69 Å². The molecule has 0 aliphatic heterocycles.